The standard InChI is InChI=1S/C18H14N2O/c21-18-14-8-4-5-9-16(14)19-17(20-18)15-11-13(15)10-12-6-2-1-3-7-12/h1-10,15H,11H2,(H,19,20,21)/b13-10+. The number of fused-ring (bicyclic) bond motifs is 1. The lowest BCUT2D eigenvalue weighted by Gasteiger charge is -2.00. The van der Waals surface area contributed by atoms with Crippen molar-refractivity contribution in [2.24, 2.45) is 0 Å². The van der Waals surface area contributed by atoms with Crippen molar-refractivity contribution in [3.05, 3.63) is 81.9 Å². The van der Waals surface area contributed by atoms with Crippen LogP contribution in [0.5, 0.6) is 0 Å². The Kier molecular flexibility index (Phi) is 2.71. The van der Waals surface area contributed by atoms with E-state index in [0.29, 0.717) is 5.39 Å². The number of para-hydroxylation sites is 1. The second-order valence-corrected chi connectivity index (χ2v) is 5.35. The Balaban J connectivity index is 1.70. The van der Waals surface area contributed by atoms with E-state index in [9.17, 15) is 4.79 Å². The zero-order chi connectivity index (χ0) is 14.2. The molecule has 2 aromatic carbocycles. The molecule has 1 unspecified atom stereocenters. The number of aromatic nitrogens is 2. The molecule has 1 atom stereocenters. The third-order valence-electron chi connectivity index (χ3n) is 3.84. The van der Waals surface area contributed by atoms with Gasteiger partial charge in [-0.3, -0.25) is 4.79 Å². The van der Waals surface area contributed by atoms with E-state index in [1.807, 2.05) is 36.4 Å². The van der Waals surface area contributed by atoms with Gasteiger partial charge in [0.15, 0.2) is 0 Å². The monoisotopic (exact) mass is 274 g/mol. The van der Waals surface area contributed by atoms with Crippen LogP contribution in [0.1, 0.15) is 23.7 Å². The van der Waals surface area contributed by atoms with E-state index >= 15 is 0 Å². The highest BCUT2D eigenvalue weighted by Gasteiger charge is 2.33. The van der Waals surface area contributed by atoms with Crippen LogP contribution in [0.2, 0.25) is 0 Å². The molecule has 1 aliphatic rings. The molecular weight excluding hydrogens is 260 g/mol. The molecule has 1 aromatic heterocycles. The first kappa shape index (κ1) is 12.1. The molecule has 1 aliphatic carbocycles. The lowest BCUT2D eigenvalue weighted by atomic mass is 10.2. The van der Waals surface area contributed by atoms with Gasteiger partial charge < -0.3 is 4.98 Å². The number of nitrogens with zero attached hydrogens (tertiary/aromatic N) is 1. The third kappa shape index (κ3) is 2.27. The van der Waals surface area contributed by atoms with Crippen molar-refractivity contribution in [2.45, 2.75) is 12.3 Å². The molecule has 1 heterocycles. The second-order valence-electron chi connectivity index (χ2n) is 5.35. The van der Waals surface area contributed by atoms with Gasteiger partial charge in [0.1, 0.15) is 5.82 Å². The van der Waals surface area contributed by atoms with E-state index in [0.717, 1.165) is 17.8 Å². The van der Waals surface area contributed by atoms with Gasteiger partial charge in [-0.25, -0.2) is 4.98 Å². The van der Waals surface area contributed by atoms with Gasteiger partial charge in [-0.05, 0) is 24.1 Å². The molecule has 0 bridgehead atoms. The summed E-state index contributed by atoms with van der Waals surface area (Å²) in [6.45, 7) is 0. The molecular formula is C18H14N2O. The van der Waals surface area contributed by atoms with Gasteiger partial charge in [0.2, 0.25) is 0 Å². The van der Waals surface area contributed by atoms with Gasteiger partial charge in [0.05, 0.1) is 10.9 Å². The molecule has 21 heavy (non-hydrogen) atoms. The van der Waals surface area contributed by atoms with Crippen LogP contribution in [0.25, 0.3) is 17.0 Å². The summed E-state index contributed by atoms with van der Waals surface area (Å²) in [5, 5.41) is 0.649. The second kappa shape index (κ2) is 4.70. The van der Waals surface area contributed by atoms with Gasteiger partial charge in [-0.2, -0.15) is 0 Å². The number of aromatic amines is 1. The first-order valence-corrected chi connectivity index (χ1v) is 7.06. The molecule has 1 fully saturated rings. The van der Waals surface area contributed by atoms with E-state index < -0.39 is 0 Å². The average Bonchev–Trinajstić information content (AvgIpc) is 3.27. The van der Waals surface area contributed by atoms with Crippen LogP contribution in [0.15, 0.2) is 65.0 Å². The summed E-state index contributed by atoms with van der Waals surface area (Å²) in [6.07, 6.45) is 3.15. The Hall–Kier alpha value is -2.68. The number of hydrogen-bond donors (Lipinski definition) is 1. The largest absolute Gasteiger partial charge is 0.309 e. The lowest BCUT2D eigenvalue weighted by molar-refractivity contribution is 0.949. The maximum absolute atomic E-state index is 12.1. The third-order valence-corrected chi connectivity index (χ3v) is 3.84. The molecule has 3 heteroatoms. The van der Waals surface area contributed by atoms with Crippen LogP contribution < -0.4 is 5.56 Å². The number of rotatable bonds is 2. The fraction of sp³-hybridized carbons (Fsp3) is 0.111. The summed E-state index contributed by atoms with van der Waals surface area (Å²) in [5.74, 6) is 1.03. The number of allylic oxidation sites excluding steroid dienone is 1. The van der Waals surface area contributed by atoms with E-state index in [-0.39, 0.29) is 11.5 Å². The average molecular weight is 274 g/mol. The Bertz CT molecular complexity index is 894. The quantitative estimate of drug-likeness (QED) is 0.777. The summed E-state index contributed by atoms with van der Waals surface area (Å²) >= 11 is 0. The van der Waals surface area contributed by atoms with Crippen molar-refractivity contribution in [3.63, 3.8) is 0 Å². The molecule has 1 N–H and O–H groups in total. The molecule has 0 aliphatic heterocycles. The fourth-order valence-electron chi connectivity index (χ4n) is 2.64. The van der Waals surface area contributed by atoms with Gasteiger partial charge in [0, 0.05) is 5.92 Å². The van der Waals surface area contributed by atoms with Gasteiger partial charge in [-0.1, -0.05) is 54.1 Å². The van der Waals surface area contributed by atoms with Crippen molar-refractivity contribution in [1.82, 2.24) is 9.97 Å². The summed E-state index contributed by atoms with van der Waals surface area (Å²) in [7, 11) is 0. The zero-order valence-corrected chi connectivity index (χ0v) is 11.4. The first-order valence-electron chi connectivity index (χ1n) is 7.06. The molecule has 1 saturated carbocycles. The molecule has 3 aromatic rings. The topological polar surface area (TPSA) is 45.8 Å². The summed E-state index contributed by atoms with van der Waals surface area (Å²) in [6, 6.07) is 17.7. The van der Waals surface area contributed by atoms with Gasteiger partial charge in [-0.15, -0.1) is 0 Å². The van der Waals surface area contributed by atoms with E-state index in [4.69, 9.17) is 0 Å². The highest BCUT2D eigenvalue weighted by molar-refractivity contribution is 5.77. The first-order chi connectivity index (χ1) is 10.3. The van der Waals surface area contributed by atoms with Crippen LogP contribution in [-0.2, 0) is 0 Å². The summed E-state index contributed by atoms with van der Waals surface area (Å²) in [4.78, 5) is 19.6. The maximum Gasteiger partial charge on any atom is 0.258 e. The van der Waals surface area contributed by atoms with Crippen molar-refractivity contribution in [1.29, 1.82) is 0 Å². The number of benzene rings is 2. The minimum atomic E-state index is -0.0541. The van der Waals surface area contributed by atoms with E-state index in [2.05, 4.69) is 28.2 Å². The van der Waals surface area contributed by atoms with E-state index in [1.54, 1.807) is 6.07 Å². The van der Waals surface area contributed by atoms with Crippen LogP contribution >= 0.6 is 0 Å². The molecule has 0 spiro atoms. The molecule has 0 amide bonds. The molecule has 3 nitrogen and oxygen atoms in total. The molecule has 0 saturated heterocycles. The maximum atomic E-state index is 12.1. The smallest absolute Gasteiger partial charge is 0.258 e. The van der Waals surface area contributed by atoms with Crippen LogP contribution in [0.4, 0.5) is 0 Å². The zero-order valence-electron chi connectivity index (χ0n) is 11.4. The number of hydrogen-bond acceptors (Lipinski definition) is 2. The number of nitrogens with one attached hydrogen (secondary N) is 1. The molecule has 102 valence electrons. The van der Waals surface area contributed by atoms with Crippen LogP contribution in [0.3, 0.4) is 0 Å². The minimum Gasteiger partial charge on any atom is -0.309 e. The van der Waals surface area contributed by atoms with Gasteiger partial charge in [0.25, 0.3) is 5.56 Å². The SMILES string of the molecule is O=c1[nH]c(C2C/C2=C\c2ccccc2)nc2ccccc12. The Labute approximate surface area is 122 Å². The predicted molar refractivity (Wildman–Crippen MR) is 84.1 cm³/mol. The van der Waals surface area contributed by atoms with Crippen molar-refractivity contribution < 1.29 is 0 Å². The predicted octanol–water partition coefficient (Wildman–Crippen LogP) is 3.49. The summed E-state index contributed by atoms with van der Waals surface area (Å²) in [5.41, 5.74) is 3.22. The molecule has 4 rings (SSSR count). The normalized spacial score (nSPS) is 19.0. The van der Waals surface area contributed by atoms with Crippen LogP contribution in [0, 0.1) is 0 Å². The minimum absolute atomic E-state index is 0.0541. The summed E-state index contributed by atoms with van der Waals surface area (Å²) < 4.78 is 0. The Morgan fingerprint density at radius 3 is 2.67 bits per heavy atom. The van der Waals surface area contributed by atoms with Crippen LogP contribution in [-0.4, -0.2) is 9.97 Å². The van der Waals surface area contributed by atoms with Crippen molar-refractivity contribution in [2.75, 3.05) is 0 Å². The lowest BCUT2D eigenvalue weighted by Crippen LogP contribution is -2.11. The number of H-pyrrole nitrogens is 1. The fourth-order valence-corrected chi connectivity index (χ4v) is 2.64. The molecule has 0 radical (unpaired) electrons. The Morgan fingerprint density at radius 2 is 1.81 bits per heavy atom. The van der Waals surface area contributed by atoms with Gasteiger partial charge >= 0.3 is 0 Å². The van der Waals surface area contributed by atoms with Crippen molar-refractivity contribution in [3.8, 4) is 0 Å². The van der Waals surface area contributed by atoms with Crippen molar-refractivity contribution >= 4 is 17.0 Å². The highest BCUT2D eigenvalue weighted by atomic mass is 16.1. The Morgan fingerprint density at radius 1 is 1.05 bits per heavy atom. The highest BCUT2D eigenvalue weighted by Crippen LogP contribution is 2.46. The van der Waals surface area contributed by atoms with E-state index in [1.165, 1.54) is 11.1 Å².